The van der Waals surface area contributed by atoms with Crippen LogP contribution in [-0.2, 0) is 0 Å². The summed E-state index contributed by atoms with van der Waals surface area (Å²) in [5, 5.41) is 40.1. The van der Waals surface area contributed by atoms with Crippen molar-refractivity contribution in [3.63, 3.8) is 0 Å². The van der Waals surface area contributed by atoms with Crippen LogP contribution in [0.1, 0.15) is 6.42 Å². The Hall–Kier alpha value is -3.11. The van der Waals surface area contributed by atoms with Crippen LogP contribution in [0, 0.1) is 5.92 Å². The number of ether oxygens (including phenoxy) is 3. The third-order valence-corrected chi connectivity index (χ3v) is 6.22. The van der Waals surface area contributed by atoms with Crippen molar-refractivity contribution in [3.05, 3.63) is 52.9 Å². The molecule has 0 radical (unpaired) electrons. The summed E-state index contributed by atoms with van der Waals surface area (Å²) in [5.41, 5.74) is 1.08. The fraction of sp³-hybridized carbons (Fsp3) is 0.375. The molecular formula is C24H24O9. The van der Waals surface area contributed by atoms with Gasteiger partial charge in [0, 0.05) is 18.6 Å². The average molecular weight is 456 g/mol. The highest BCUT2D eigenvalue weighted by Gasteiger charge is 2.43. The number of rotatable bonds is 4. The van der Waals surface area contributed by atoms with Crippen LogP contribution in [-0.4, -0.2) is 64.7 Å². The van der Waals surface area contributed by atoms with Crippen LogP contribution in [0.3, 0.4) is 0 Å². The molecule has 1 fully saturated rings. The van der Waals surface area contributed by atoms with E-state index in [-0.39, 0.29) is 18.5 Å². The van der Waals surface area contributed by atoms with Crippen molar-refractivity contribution >= 4 is 11.0 Å². The van der Waals surface area contributed by atoms with Gasteiger partial charge in [-0.2, -0.15) is 0 Å². The van der Waals surface area contributed by atoms with Crippen molar-refractivity contribution in [1.82, 2.24) is 0 Å². The molecule has 174 valence electrons. The van der Waals surface area contributed by atoms with Gasteiger partial charge in [-0.05, 0) is 36.2 Å². The molecule has 33 heavy (non-hydrogen) atoms. The van der Waals surface area contributed by atoms with Crippen LogP contribution < -0.4 is 19.6 Å². The Bertz CT molecular complexity index is 1220. The Morgan fingerprint density at radius 2 is 1.73 bits per heavy atom. The summed E-state index contributed by atoms with van der Waals surface area (Å²) in [6.07, 6.45) is -3.32. The molecule has 1 saturated carbocycles. The highest BCUT2D eigenvalue weighted by atomic mass is 16.6. The second-order valence-corrected chi connectivity index (χ2v) is 8.30. The van der Waals surface area contributed by atoms with Crippen LogP contribution in [0.4, 0.5) is 0 Å². The van der Waals surface area contributed by atoms with E-state index < -0.39 is 30.3 Å². The van der Waals surface area contributed by atoms with Crippen LogP contribution >= 0.6 is 0 Å². The minimum atomic E-state index is -1.44. The van der Waals surface area contributed by atoms with E-state index in [9.17, 15) is 25.2 Å². The fourth-order valence-corrected chi connectivity index (χ4v) is 4.35. The van der Waals surface area contributed by atoms with E-state index in [1.807, 2.05) is 0 Å². The normalized spacial score (nSPS) is 26.8. The molecule has 2 aliphatic rings. The van der Waals surface area contributed by atoms with E-state index in [2.05, 4.69) is 0 Å². The molecule has 4 N–H and O–H groups in total. The fourth-order valence-electron chi connectivity index (χ4n) is 4.35. The van der Waals surface area contributed by atoms with Gasteiger partial charge in [-0.15, -0.1) is 0 Å². The molecule has 9 heteroatoms. The molecule has 0 bridgehead atoms. The lowest BCUT2D eigenvalue weighted by molar-refractivity contribution is -0.156. The van der Waals surface area contributed by atoms with Gasteiger partial charge in [0.25, 0.3) is 0 Å². The summed E-state index contributed by atoms with van der Waals surface area (Å²) in [6.45, 7) is 0.573. The largest absolute Gasteiger partial charge is 0.487 e. The molecule has 2 aromatic carbocycles. The van der Waals surface area contributed by atoms with Crippen LogP contribution in [0.5, 0.6) is 17.2 Å². The Balaban J connectivity index is 1.42. The lowest BCUT2D eigenvalue weighted by Gasteiger charge is -2.39. The van der Waals surface area contributed by atoms with E-state index in [1.165, 1.54) is 12.3 Å². The Morgan fingerprint density at radius 1 is 0.939 bits per heavy atom. The molecule has 5 atom stereocenters. The number of fused-ring (bicyclic) bond motifs is 2. The molecule has 1 aliphatic heterocycles. The third kappa shape index (κ3) is 3.93. The van der Waals surface area contributed by atoms with Crippen molar-refractivity contribution in [2.75, 3.05) is 19.8 Å². The van der Waals surface area contributed by atoms with Gasteiger partial charge in [0.15, 0.2) is 16.9 Å². The maximum atomic E-state index is 13.1. The highest BCUT2D eigenvalue weighted by molar-refractivity contribution is 5.83. The lowest BCUT2D eigenvalue weighted by atomic mass is 9.81. The molecule has 0 amide bonds. The standard InChI is InChI=1S/C24H24O9/c25-10-13-8-20(23(28)24(29)21(13)26)33-14-2-3-15-18(9-14)32-11-16(22(15)27)12-1-4-17-19(7-12)31-6-5-30-17/h1-4,7,9,11,13,20-21,23-26,28-29H,5-6,8,10H2/t13-,20+,21+,23-,24+/m1/s1. The predicted octanol–water partition coefficient (Wildman–Crippen LogP) is 1.07. The first-order valence-corrected chi connectivity index (χ1v) is 10.7. The second kappa shape index (κ2) is 8.68. The van der Waals surface area contributed by atoms with Crippen molar-refractivity contribution in [1.29, 1.82) is 0 Å². The minimum Gasteiger partial charge on any atom is -0.487 e. The van der Waals surface area contributed by atoms with Gasteiger partial charge in [0.1, 0.15) is 49.1 Å². The Labute approximate surface area is 188 Å². The van der Waals surface area contributed by atoms with Crippen molar-refractivity contribution in [2.45, 2.75) is 30.8 Å². The Kier molecular flexibility index (Phi) is 5.71. The second-order valence-electron chi connectivity index (χ2n) is 8.30. The van der Waals surface area contributed by atoms with Crippen LogP contribution in [0.15, 0.2) is 51.9 Å². The van der Waals surface area contributed by atoms with E-state index in [0.717, 1.165) is 0 Å². The van der Waals surface area contributed by atoms with Gasteiger partial charge < -0.3 is 39.1 Å². The topological polar surface area (TPSA) is 139 Å². The SMILES string of the molecule is O=c1c(-c2ccc3c(c2)OCCO3)coc2cc(O[C@H]3C[C@H](CO)[C@H](O)[C@H](O)[C@@H]3O)ccc12. The number of hydrogen-bond acceptors (Lipinski definition) is 9. The van der Waals surface area contributed by atoms with Gasteiger partial charge in [-0.1, -0.05) is 6.07 Å². The minimum absolute atomic E-state index is 0.154. The summed E-state index contributed by atoms with van der Waals surface area (Å²) in [7, 11) is 0. The van der Waals surface area contributed by atoms with E-state index in [1.54, 1.807) is 30.3 Å². The van der Waals surface area contributed by atoms with E-state index >= 15 is 0 Å². The molecule has 1 aromatic heterocycles. The van der Waals surface area contributed by atoms with Gasteiger partial charge in [0.2, 0.25) is 0 Å². The summed E-state index contributed by atoms with van der Waals surface area (Å²) < 4.78 is 22.7. The maximum absolute atomic E-state index is 13.1. The smallest absolute Gasteiger partial charge is 0.200 e. The highest BCUT2D eigenvalue weighted by Crippen LogP contribution is 2.35. The molecule has 1 aliphatic carbocycles. The first-order chi connectivity index (χ1) is 16.0. The summed E-state index contributed by atoms with van der Waals surface area (Å²) >= 11 is 0. The molecule has 9 nitrogen and oxygen atoms in total. The van der Waals surface area contributed by atoms with Crippen molar-refractivity contribution < 1.29 is 39.1 Å². The Morgan fingerprint density at radius 3 is 2.52 bits per heavy atom. The number of benzene rings is 2. The molecule has 0 saturated heterocycles. The molecule has 2 heterocycles. The third-order valence-electron chi connectivity index (χ3n) is 6.22. The van der Waals surface area contributed by atoms with E-state index in [4.69, 9.17) is 18.6 Å². The molecule has 5 rings (SSSR count). The van der Waals surface area contributed by atoms with Crippen LogP contribution in [0.25, 0.3) is 22.1 Å². The summed E-state index contributed by atoms with van der Waals surface area (Å²) in [6, 6.07) is 9.94. The molecule has 3 aromatic rings. The maximum Gasteiger partial charge on any atom is 0.200 e. The zero-order valence-electron chi connectivity index (χ0n) is 17.6. The summed E-state index contributed by atoms with van der Waals surface area (Å²) in [4.78, 5) is 13.1. The first-order valence-electron chi connectivity index (χ1n) is 10.7. The zero-order chi connectivity index (χ0) is 23.1. The molecule has 0 unspecified atom stereocenters. The quantitative estimate of drug-likeness (QED) is 0.454. The monoisotopic (exact) mass is 456 g/mol. The zero-order valence-corrected chi connectivity index (χ0v) is 17.6. The van der Waals surface area contributed by atoms with Crippen LogP contribution in [0.2, 0.25) is 0 Å². The number of hydrogen-bond donors (Lipinski definition) is 4. The van der Waals surface area contributed by atoms with Gasteiger partial charge in [0.05, 0.1) is 17.1 Å². The van der Waals surface area contributed by atoms with E-state index in [0.29, 0.717) is 52.6 Å². The number of aliphatic hydroxyl groups excluding tert-OH is 4. The predicted molar refractivity (Wildman–Crippen MR) is 117 cm³/mol. The van der Waals surface area contributed by atoms with Gasteiger partial charge in [-0.3, -0.25) is 4.79 Å². The number of aliphatic hydroxyl groups is 4. The lowest BCUT2D eigenvalue weighted by Crippen LogP contribution is -2.56. The summed E-state index contributed by atoms with van der Waals surface area (Å²) in [5.74, 6) is 0.895. The van der Waals surface area contributed by atoms with Crippen molar-refractivity contribution in [2.24, 2.45) is 5.92 Å². The van der Waals surface area contributed by atoms with Crippen molar-refractivity contribution in [3.8, 4) is 28.4 Å². The average Bonchev–Trinajstić information content (AvgIpc) is 2.84. The first kappa shape index (κ1) is 21.7. The van der Waals surface area contributed by atoms with Gasteiger partial charge in [-0.25, -0.2) is 0 Å². The molecular weight excluding hydrogens is 432 g/mol. The molecule has 0 spiro atoms. The van der Waals surface area contributed by atoms with Gasteiger partial charge >= 0.3 is 0 Å².